The second-order valence-electron chi connectivity index (χ2n) is 4.91. The van der Waals surface area contributed by atoms with Crippen molar-refractivity contribution in [1.29, 1.82) is 0 Å². The van der Waals surface area contributed by atoms with E-state index in [-0.39, 0.29) is 5.97 Å². The fourth-order valence-electron chi connectivity index (χ4n) is 2.72. The summed E-state index contributed by atoms with van der Waals surface area (Å²) in [4.78, 5) is 10.6. The Balaban J connectivity index is 2.20. The molecular weight excluding hydrogens is 176 g/mol. The number of ether oxygens (including phenoxy) is 1. The van der Waals surface area contributed by atoms with Crippen LogP contribution in [0.2, 0.25) is 0 Å². The van der Waals surface area contributed by atoms with E-state index in [1.54, 1.807) is 0 Å². The highest BCUT2D eigenvalue weighted by molar-refractivity contribution is 5.65. The Kier molecular flexibility index (Phi) is 4.43. The summed E-state index contributed by atoms with van der Waals surface area (Å²) >= 11 is 0. The van der Waals surface area contributed by atoms with Crippen LogP contribution in [0, 0.1) is 17.8 Å². The van der Waals surface area contributed by atoms with Crippen LogP contribution < -0.4 is 0 Å². The van der Waals surface area contributed by atoms with Crippen molar-refractivity contribution in [3.63, 3.8) is 0 Å². The summed E-state index contributed by atoms with van der Waals surface area (Å²) < 4.78 is 4.98. The van der Waals surface area contributed by atoms with E-state index in [9.17, 15) is 4.79 Å². The van der Waals surface area contributed by atoms with Crippen LogP contribution >= 0.6 is 0 Å². The van der Waals surface area contributed by atoms with Crippen LogP contribution in [0.1, 0.15) is 46.5 Å². The third-order valence-electron chi connectivity index (χ3n) is 3.11. The first kappa shape index (κ1) is 11.5. The molecule has 2 atom stereocenters. The van der Waals surface area contributed by atoms with Gasteiger partial charge in [-0.05, 0) is 43.4 Å². The molecule has 0 aromatic carbocycles. The Labute approximate surface area is 87.0 Å². The lowest BCUT2D eigenvalue weighted by atomic mass is 9.76. The molecule has 2 nitrogen and oxygen atoms in total. The largest absolute Gasteiger partial charge is 0.466 e. The molecule has 0 spiro atoms. The lowest BCUT2D eigenvalue weighted by molar-refractivity contribution is -0.141. The number of hydrogen-bond acceptors (Lipinski definition) is 2. The molecule has 1 rings (SSSR count). The highest BCUT2D eigenvalue weighted by atomic mass is 16.5. The van der Waals surface area contributed by atoms with E-state index < -0.39 is 0 Å². The van der Waals surface area contributed by atoms with Gasteiger partial charge in [-0.25, -0.2) is 0 Å². The fourth-order valence-corrected chi connectivity index (χ4v) is 2.72. The van der Waals surface area contributed by atoms with Gasteiger partial charge in [0.25, 0.3) is 0 Å². The van der Waals surface area contributed by atoms with Crippen molar-refractivity contribution in [3.8, 4) is 0 Å². The first-order chi connectivity index (χ1) is 6.58. The Morgan fingerprint density at radius 1 is 1.21 bits per heavy atom. The minimum Gasteiger partial charge on any atom is -0.466 e. The molecule has 0 aromatic rings. The Bertz CT molecular complexity index is 179. The van der Waals surface area contributed by atoms with Crippen LogP contribution in [0.4, 0.5) is 0 Å². The molecule has 2 heteroatoms. The monoisotopic (exact) mass is 198 g/mol. The second kappa shape index (κ2) is 5.38. The van der Waals surface area contributed by atoms with Crippen LogP contribution in [-0.2, 0) is 9.53 Å². The average Bonchev–Trinajstić information content (AvgIpc) is 2.01. The highest BCUT2D eigenvalue weighted by Crippen LogP contribution is 2.34. The SMILES string of the molecule is CC(=O)OCCC1CC(C)CC(C)C1. The molecular formula is C12H22O2. The molecule has 1 aliphatic rings. The van der Waals surface area contributed by atoms with Crippen molar-refractivity contribution in [1.82, 2.24) is 0 Å². The fraction of sp³-hybridized carbons (Fsp3) is 0.917. The van der Waals surface area contributed by atoms with Crippen LogP contribution in [0.25, 0.3) is 0 Å². The highest BCUT2D eigenvalue weighted by Gasteiger charge is 2.23. The lowest BCUT2D eigenvalue weighted by Crippen LogP contribution is -2.21. The Morgan fingerprint density at radius 3 is 2.29 bits per heavy atom. The van der Waals surface area contributed by atoms with Gasteiger partial charge in [-0.3, -0.25) is 4.79 Å². The summed E-state index contributed by atoms with van der Waals surface area (Å²) in [6.07, 6.45) is 5.04. The van der Waals surface area contributed by atoms with Gasteiger partial charge in [0.15, 0.2) is 0 Å². The van der Waals surface area contributed by atoms with Gasteiger partial charge >= 0.3 is 5.97 Å². The molecule has 0 heterocycles. The van der Waals surface area contributed by atoms with Gasteiger partial charge in [-0.1, -0.05) is 13.8 Å². The summed E-state index contributed by atoms with van der Waals surface area (Å²) in [5.41, 5.74) is 0. The lowest BCUT2D eigenvalue weighted by Gasteiger charge is -2.31. The van der Waals surface area contributed by atoms with Gasteiger partial charge in [0.1, 0.15) is 0 Å². The molecule has 0 amide bonds. The molecule has 0 saturated heterocycles. The smallest absolute Gasteiger partial charge is 0.302 e. The summed E-state index contributed by atoms with van der Waals surface area (Å²) in [6, 6.07) is 0. The number of hydrogen-bond donors (Lipinski definition) is 0. The standard InChI is InChI=1S/C12H22O2/c1-9-6-10(2)8-12(7-9)4-5-14-11(3)13/h9-10,12H,4-8H2,1-3H3. The van der Waals surface area contributed by atoms with Crippen molar-refractivity contribution >= 4 is 5.97 Å². The molecule has 1 saturated carbocycles. The average molecular weight is 198 g/mol. The molecule has 82 valence electrons. The van der Waals surface area contributed by atoms with E-state index in [1.165, 1.54) is 26.2 Å². The van der Waals surface area contributed by atoms with Crippen molar-refractivity contribution in [2.75, 3.05) is 6.61 Å². The molecule has 14 heavy (non-hydrogen) atoms. The van der Waals surface area contributed by atoms with Gasteiger partial charge in [-0.2, -0.15) is 0 Å². The van der Waals surface area contributed by atoms with E-state index in [1.807, 2.05) is 0 Å². The van der Waals surface area contributed by atoms with Crippen LogP contribution in [0.15, 0.2) is 0 Å². The number of esters is 1. The van der Waals surface area contributed by atoms with Crippen molar-refractivity contribution in [2.24, 2.45) is 17.8 Å². The maximum absolute atomic E-state index is 10.6. The summed E-state index contributed by atoms with van der Waals surface area (Å²) in [5, 5.41) is 0. The van der Waals surface area contributed by atoms with Crippen LogP contribution in [-0.4, -0.2) is 12.6 Å². The van der Waals surface area contributed by atoms with Crippen LogP contribution in [0.3, 0.4) is 0 Å². The maximum atomic E-state index is 10.6. The van der Waals surface area contributed by atoms with Gasteiger partial charge in [0.05, 0.1) is 6.61 Å². The van der Waals surface area contributed by atoms with E-state index in [4.69, 9.17) is 4.74 Å². The minimum absolute atomic E-state index is 0.151. The van der Waals surface area contributed by atoms with Gasteiger partial charge < -0.3 is 4.74 Å². The van der Waals surface area contributed by atoms with E-state index >= 15 is 0 Å². The first-order valence-electron chi connectivity index (χ1n) is 5.71. The van der Waals surface area contributed by atoms with Crippen LogP contribution in [0.5, 0.6) is 0 Å². The minimum atomic E-state index is -0.151. The summed E-state index contributed by atoms with van der Waals surface area (Å²) in [6.45, 7) is 6.74. The van der Waals surface area contributed by atoms with Crippen molar-refractivity contribution in [2.45, 2.75) is 46.5 Å². The Hall–Kier alpha value is -0.530. The predicted octanol–water partition coefficient (Wildman–Crippen LogP) is 3.01. The molecule has 0 bridgehead atoms. The van der Waals surface area contributed by atoms with E-state index in [0.717, 1.165) is 24.2 Å². The molecule has 1 fully saturated rings. The topological polar surface area (TPSA) is 26.3 Å². The maximum Gasteiger partial charge on any atom is 0.302 e. The zero-order valence-electron chi connectivity index (χ0n) is 9.58. The third-order valence-corrected chi connectivity index (χ3v) is 3.11. The molecule has 1 aliphatic carbocycles. The van der Waals surface area contributed by atoms with Gasteiger partial charge in [0.2, 0.25) is 0 Å². The summed E-state index contributed by atoms with van der Waals surface area (Å²) in [5.74, 6) is 2.32. The number of rotatable bonds is 3. The molecule has 0 aliphatic heterocycles. The Morgan fingerprint density at radius 2 is 1.79 bits per heavy atom. The molecule has 0 radical (unpaired) electrons. The molecule has 2 unspecified atom stereocenters. The van der Waals surface area contributed by atoms with E-state index in [2.05, 4.69) is 13.8 Å². The second-order valence-corrected chi connectivity index (χ2v) is 4.91. The van der Waals surface area contributed by atoms with Gasteiger partial charge in [0, 0.05) is 6.92 Å². The first-order valence-corrected chi connectivity index (χ1v) is 5.71. The number of carbonyl (C=O) groups is 1. The van der Waals surface area contributed by atoms with Crippen molar-refractivity contribution < 1.29 is 9.53 Å². The summed E-state index contributed by atoms with van der Waals surface area (Å²) in [7, 11) is 0. The van der Waals surface area contributed by atoms with Gasteiger partial charge in [-0.15, -0.1) is 0 Å². The predicted molar refractivity (Wildman–Crippen MR) is 56.9 cm³/mol. The normalized spacial score (nSPS) is 32.6. The molecule has 0 N–H and O–H groups in total. The number of carbonyl (C=O) groups excluding carboxylic acids is 1. The third kappa shape index (κ3) is 4.12. The van der Waals surface area contributed by atoms with Crippen molar-refractivity contribution in [3.05, 3.63) is 0 Å². The quantitative estimate of drug-likeness (QED) is 0.652. The van der Waals surface area contributed by atoms with E-state index in [0.29, 0.717) is 6.61 Å². The molecule has 0 aromatic heterocycles. The zero-order chi connectivity index (χ0) is 10.6. The zero-order valence-corrected chi connectivity index (χ0v) is 9.58.